The Bertz CT molecular complexity index is 1000. The highest BCUT2D eigenvalue weighted by Crippen LogP contribution is 2.71. The third kappa shape index (κ3) is 4.36. The number of carbonyl (C=O) groups is 3. The van der Waals surface area contributed by atoms with Crippen molar-refractivity contribution >= 4 is 29.5 Å². The van der Waals surface area contributed by atoms with Gasteiger partial charge in [-0.1, -0.05) is 56.2 Å². The zero-order valence-electron chi connectivity index (χ0n) is 21.3. The first-order valence-corrected chi connectivity index (χ1v) is 13.8. The van der Waals surface area contributed by atoms with E-state index in [1.54, 1.807) is 15.9 Å². The lowest BCUT2D eigenvalue weighted by atomic mass is 9.66. The highest BCUT2D eigenvalue weighted by Gasteiger charge is 2.78. The predicted octanol–water partition coefficient (Wildman–Crippen LogP) is 3.36. The zero-order chi connectivity index (χ0) is 26.1. The van der Waals surface area contributed by atoms with Crippen LogP contribution in [-0.2, 0) is 20.8 Å². The van der Waals surface area contributed by atoms with Crippen molar-refractivity contribution in [3.05, 3.63) is 48.6 Å². The van der Waals surface area contributed by atoms with Crippen LogP contribution in [-0.4, -0.2) is 79.1 Å². The highest BCUT2D eigenvalue weighted by molar-refractivity contribution is 8.02. The molecule has 3 fully saturated rings. The largest absolute Gasteiger partial charge is 0.481 e. The summed E-state index contributed by atoms with van der Waals surface area (Å²) < 4.78 is -1.39. The summed E-state index contributed by atoms with van der Waals surface area (Å²) in [7, 11) is 0. The number of aliphatic carboxylic acids is 1. The lowest BCUT2D eigenvalue weighted by Gasteiger charge is -2.39. The molecule has 2 amide bonds. The van der Waals surface area contributed by atoms with Crippen LogP contribution in [0.2, 0.25) is 0 Å². The lowest BCUT2D eigenvalue weighted by molar-refractivity contribution is -0.151. The average molecular weight is 515 g/mol. The molecule has 1 aromatic carbocycles. The van der Waals surface area contributed by atoms with E-state index in [4.69, 9.17) is 0 Å². The number of aliphatic hydroxyl groups excluding tert-OH is 1. The van der Waals surface area contributed by atoms with Crippen molar-refractivity contribution < 1.29 is 24.6 Å². The number of nitrogens with zero attached hydrogens (tertiary/aromatic N) is 2. The van der Waals surface area contributed by atoms with Crippen LogP contribution in [0.1, 0.15) is 51.5 Å². The van der Waals surface area contributed by atoms with Crippen molar-refractivity contribution in [3.8, 4) is 0 Å². The number of hydrogen-bond donors (Lipinski definition) is 2. The third-order valence-electron chi connectivity index (χ3n) is 8.33. The number of benzene rings is 1. The summed E-state index contributed by atoms with van der Waals surface area (Å²) in [5.74, 6) is -3.07. The maximum absolute atomic E-state index is 14.3. The van der Waals surface area contributed by atoms with Gasteiger partial charge in [0.15, 0.2) is 0 Å². The molecule has 2 N–H and O–H groups in total. The lowest BCUT2D eigenvalue weighted by Crippen LogP contribution is -2.58. The van der Waals surface area contributed by atoms with Gasteiger partial charge in [0.25, 0.3) is 0 Å². The van der Waals surface area contributed by atoms with Crippen LogP contribution in [0.15, 0.2) is 43.0 Å². The number of carbonyl (C=O) groups excluding carboxylic acids is 2. The van der Waals surface area contributed by atoms with Gasteiger partial charge in [-0.15, -0.1) is 18.3 Å². The van der Waals surface area contributed by atoms with Gasteiger partial charge in [-0.2, -0.15) is 0 Å². The topological polar surface area (TPSA) is 98.2 Å². The van der Waals surface area contributed by atoms with E-state index in [9.17, 15) is 24.6 Å². The molecular weight excluding hydrogens is 476 g/mol. The Morgan fingerprint density at radius 2 is 2.00 bits per heavy atom. The van der Waals surface area contributed by atoms with E-state index in [0.29, 0.717) is 32.4 Å². The molecule has 1 spiro atoms. The fourth-order valence-electron chi connectivity index (χ4n) is 6.72. The van der Waals surface area contributed by atoms with Gasteiger partial charge in [-0.25, -0.2) is 0 Å². The zero-order valence-corrected chi connectivity index (χ0v) is 22.1. The Morgan fingerprint density at radius 3 is 2.61 bits per heavy atom. The highest BCUT2D eigenvalue weighted by atomic mass is 32.2. The van der Waals surface area contributed by atoms with E-state index in [1.165, 1.54) is 11.8 Å². The van der Waals surface area contributed by atoms with Crippen molar-refractivity contribution in [1.29, 1.82) is 0 Å². The first kappa shape index (κ1) is 26.7. The molecule has 0 radical (unpaired) electrons. The molecule has 36 heavy (non-hydrogen) atoms. The smallest absolute Gasteiger partial charge is 0.308 e. The van der Waals surface area contributed by atoms with Gasteiger partial charge in [-0.3, -0.25) is 14.4 Å². The average Bonchev–Trinajstić information content (AvgIpc) is 3.43. The summed E-state index contributed by atoms with van der Waals surface area (Å²) in [5, 5.41) is 20.7. The molecule has 4 rings (SSSR count). The SMILES string of the molecule is C=CCN(CCCCC)C(=O)C1N([C@@H](CO)Cc2ccccc2)C(=O)[C@@H]2[C@@H](C(=O)O)[C@@]3(C)CCC12S3. The number of amides is 2. The maximum Gasteiger partial charge on any atom is 0.308 e. The molecular formula is C28H38N2O5S. The van der Waals surface area contributed by atoms with Gasteiger partial charge in [-0.05, 0) is 38.2 Å². The van der Waals surface area contributed by atoms with Crippen LogP contribution in [0, 0.1) is 11.8 Å². The number of rotatable bonds is 12. The van der Waals surface area contributed by atoms with Crippen molar-refractivity contribution in [1.82, 2.24) is 9.80 Å². The van der Waals surface area contributed by atoms with Crippen LogP contribution >= 0.6 is 11.8 Å². The minimum absolute atomic E-state index is 0.156. The van der Waals surface area contributed by atoms with Crippen LogP contribution in [0.4, 0.5) is 0 Å². The molecule has 0 aromatic heterocycles. The summed E-state index contributed by atoms with van der Waals surface area (Å²) in [6, 6.07) is 8.18. The van der Waals surface area contributed by atoms with Gasteiger partial charge in [0.05, 0.1) is 29.2 Å². The maximum atomic E-state index is 14.3. The number of unbranched alkanes of at least 4 members (excludes halogenated alkanes) is 2. The number of carboxylic acids is 1. The van der Waals surface area contributed by atoms with Crippen molar-refractivity contribution in [3.63, 3.8) is 0 Å². The Labute approximate surface area is 217 Å². The Kier molecular flexibility index (Phi) is 7.86. The monoisotopic (exact) mass is 514 g/mol. The first-order valence-electron chi connectivity index (χ1n) is 13.0. The van der Waals surface area contributed by atoms with Gasteiger partial charge in [0.1, 0.15) is 6.04 Å². The van der Waals surface area contributed by atoms with E-state index < -0.39 is 39.4 Å². The van der Waals surface area contributed by atoms with E-state index >= 15 is 0 Å². The molecule has 3 aliphatic heterocycles. The summed E-state index contributed by atoms with van der Waals surface area (Å²) in [6.07, 6.45) is 6.22. The van der Waals surface area contributed by atoms with Crippen molar-refractivity contribution in [2.75, 3.05) is 19.7 Å². The first-order chi connectivity index (χ1) is 17.2. The molecule has 6 atom stereocenters. The number of fused-ring (bicyclic) bond motifs is 1. The Morgan fingerprint density at radius 1 is 1.28 bits per heavy atom. The fraction of sp³-hybridized carbons (Fsp3) is 0.607. The molecule has 0 aliphatic carbocycles. The van der Waals surface area contributed by atoms with E-state index in [1.807, 2.05) is 37.3 Å². The second kappa shape index (κ2) is 10.6. The molecule has 2 bridgehead atoms. The van der Waals surface area contributed by atoms with Crippen molar-refractivity contribution in [2.24, 2.45) is 11.8 Å². The van der Waals surface area contributed by atoms with Crippen molar-refractivity contribution in [2.45, 2.75) is 74.0 Å². The quantitative estimate of drug-likeness (QED) is 0.328. The summed E-state index contributed by atoms with van der Waals surface area (Å²) in [6.45, 7) is 8.51. The van der Waals surface area contributed by atoms with Gasteiger partial charge < -0.3 is 20.0 Å². The molecule has 3 saturated heterocycles. The van der Waals surface area contributed by atoms with Gasteiger partial charge in [0, 0.05) is 17.8 Å². The van der Waals surface area contributed by atoms with Crippen LogP contribution < -0.4 is 0 Å². The van der Waals surface area contributed by atoms with Crippen LogP contribution in [0.3, 0.4) is 0 Å². The summed E-state index contributed by atoms with van der Waals surface area (Å²) in [5.41, 5.74) is 0.953. The number of carboxylic acid groups (broad SMARTS) is 1. The number of aliphatic hydroxyl groups is 1. The van der Waals surface area contributed by atoms with Crippen LogP contribution in [0.25, 0.3) is 0 Å². The minimum Gasteiger partial charge on any atom is -0.481 e. The molecule has 7 nitrogen and oxygen atoms in total. The Hall–Kier alpha value is -2.32. The van der Waals surface area contributed by atoms with Crippen LogP contribution in [0.5, 0.6) is 0 Å². The molecule has 3 aliphatic rings. The van der Waals surface area contributed by atoms with E-state index in [2.05, 4.69) is 13.5 Å². The predicted molar refractivity (Wildman–Crippen MR) is 141 cm³/mol. The Balaban J connectivity index is 1.77. The molecule has 2 unspecified atom stereocenters. The van der Waals surface area contributed by atoms with E-state index in [-0.39, 0.29) is 18.4 Å². The standard InChI is InChI=1S/C28H38N2O5S/c1-4-6-10-16-29(15-5-2)25(33)23-28-14-13-27(3,36-28)22(26(34)35)21(28)24(32)30(23)20(18-31)17-19-11-8-7-9-12-19/h5,7-9,11-12,20-23,31H,2,4,6,10,13-18H2,1,3H3,(H,34,35)/t20-,21+,22+,23?,27-,28?/m1/s1. The molecule has 8 heteroatoms. The summed E-state index contributed by atoms with van der Waals surface area (Å²) in [4.78, 5) is 44.2. The second-order valence-electron chi connectivity index (χ2n) is 10.6. The number of likely N-dealkylation sites (tertiary alicyclic amines) is 1. The number of thioether (sulfide) groups is 1. The molecule has 1 aromatic rings. The number of hydrogen-bond acceptors (Lipinski definition) is 5. The van der Waals surface area contributed by atoms with Gasteiger partial charge in [0.2, 0.25) is 11.8 Å². The normalized spacial score (nSPS) is 31.4. The minimum atomic E-state index is -0.979. The molecule has 0 saturated carbocycles. The molecule has 196 valence electrons. The summed E-state index contributed by atoms with van der Waals surface area (Å²) >= 11 is 1.53. The molecule has 3 heterocycles. The fourth-order valence-corrected chi connectivity index (χ4v) is 9.05. The second-order valence-corrected chi connectivity index (χ2v) is 12.5. The third-order valence-corrected chi connectivity index (χ3v) is 10.3. The van der Waals surface area contributed by atoms with Gasteiger partial charge >= 0.3 is 5.97 Å². The van der Waals surface area contributed by atoms with E-state index in [0.717, 1.165) is 24.8 Å².